The van der Waals surface area contributed by atoms with Gasteiger partial charge in [-0.25, -0.2) is 0 Å². The maximum absolute atomic E-state index is 8.22. The monoisotopic (exact) mass is 161 g/mol. The zero-order valence-corrected chi connectivity index (χ0v) is 6.77. The zero-order valence-electron chi connectivity index (χ0n) is 6.77. The topological polar surface area (TPSA) is 61.9 Å². The van der Waals surface area contributed by atoms with E-state index in [0.717, 1.165) is 0 Å². The van der Waals surface area contributed by atoms with Gasteiger partial charge in [-0.15, -0.1) is 0 Å². The van der Waals surface area contributed by atoms with Crippen molar-refractivity contribution in [2.45, 2.75) is 19.4 Å². The van der Waals surface area contributed by atoms with Crippen LogP contribution in [0.4, 0.5) is 0 Å². The average Bonchev–Trinajstić information content (AvgIpc) is 2.47. The summed E-state index contributed by atoms with van der Waals surface area (Å²) in [5.41, 5.74) is 8.77. The lowest BCUT2D eigenvalue weighted by Gasteiger charge is -2.01. The van der Waals surface area contributed by atoms with Gasteiger partial charge < -0.3 is 4.42 Å². The Bertz CT molecular complexity index is 303. The molecule has 60 valence electrons. The molecule has 0 saturated carbocycles. The van der Waals surface area contributed by atoms with Gasteiger partial charge in [-0.2, -0.15) is 0 Å². The van der Waals surface area contributed by atoms with Gasteiger partial charge in [0.1, 0.15) is 13.6 Å². The first kappa shape index (κ1) is 8.75. The van der Waals surface area contributed by atoms with Crippen molar-refractivity contribution in [1.82, 2.24) is 0 Å². The second kappa shape index (κ2) is 3.88. The fraction of sp³-hybridized carbons (Fsp3) is 0.429. The molecule has 0 N–H and O–H groups in total. The molecule has 0 fully saturated rings. The third kappa shape index (κ3) is 1.83. The van der Waals surface area contributed by atoms with Crippen LogP contribution < -0.4 is 5.46 Å². The molecule has 1 heterocycles. The molecule has 2 radical (unpaired) electrons. The van der Waals surface area contributed by atoms with Crippen LogP contribution >= 0.6 is 0 Å². The molecule has 0 saturated heterocycles. The van der Waals surface area contributed by atoms with Crippen LogP contribution in [0.3, 0.4) is 0 Å². The lowest BCUT2D eigenvalue weighted by atomic mass is 9.99. The van der Waals surface area contributed by atoms with E-state index in [2.05, 4.69) is 10.0 Å². The summed E-state index contributed by atoms with van der Waals surface area (Å²) in [6, 6.07) is 1.43. The van der Waals surface area contributed by atoms with Gasteiger partial charge in [-0.1, -0.05) is 17.5 Å². The van der Waals surface area contributed by atoms with Crippen molar-refractivity contribution in [1.29, 1.82) is 0 Å². The molecule has 1 rings (SSSR count). The number of furan rings is 1. The second-order valence-corrected chi connectivity index (χ2v) is 2.41. The molecule has 4 nitrogen and oxygen atoms in total. The predicted molar refractivity (Wildman–Crippen MR) is 46.3 cm³/mol. The fourth-order valence-corrected chi connectivity index (χ4v) is 0.945. The zero-order chi connectivity index (χ0) is 8.97. The van der Waals surface area contributed by atoms with Gasteiger partial charge in [0.2, 0.25) is 0 Å². The molecule has 5 heteroatoms. The first-order valence-electron chi connectivity index (χ1n) is 3.66. The van der Waals surface area contributed by atoms with Crippen LogP contribution in [0.15, 0.2) is 21.9 Å². The molecular weight excluding hydrogens is 153 g/mol. The van der Waals surface area contributed by atoms with Crippen molar-refractivity contribution in [3.8, 4) is 0 Å². The van der Waals surface area contributed by atoms with Gasteiger partial charge in [-0.3, -0.25) is 0 Å². The van der Waals surface area contributed by atoms with Crippen LogP contribution in [0.5, 0.6) is 0 Å². The van der Waals surface area contributed by atoms with E-state index in [9.17, 15) is 0 Å². The Morgan fingerprint density at radius 1 is 1.83 bits per heavy atom. The number of nitrogens with zero attached hydrogens (tertiary/aromatic N) is 3. The fourth-order valence-electron chi connectivity index (χ4n) is 0.945. The van der Waals surface area contributed by atoms with Gasteiger partial charge in [-0.05, 0) is 18.0 Å². The lowest BCUT2D eigenvalue weighted by Crippen LogP contribution is -1.95. The van der Waals surface area contributed by atoms with E-state index in [-0.39, 0.29) is 6.04 Å². The number of hydrogen-bond donors (Lipinski definition) is 0. The Balaban J connectivity index is 2.86. The van der Waals surface area contributed by atoms with Gasteiger partial charge in [0.25, 0.3) is 0 Å². The Kier molecular flexibility index (Phi) is 2.83. The smallest absolute Gasteiger partial charge is 0.118 e. The minimum atomic E-state index is -0.243. The minimum absolute atomic E-state index is 0.243. The van der Waals surface area contributed by atoms with E-state index in [4.69, 9.17) is 17.8 Å². The van der Waals surface area contributed by atoms with Crippen molar-refractivity contribution in [2.75, 3.05) is 0 Å². The maximum Gasteiger partial charge on any atom is 0.118 e. The molecule has 0 amide bonds. The Morgan fingerprint density at radius 3 is 3.00 bits per heavy atom. The SMILES string of the molecule is [B]c1coc([C@H](CC)N=[N+]=[N-])c1. The van der Waals surface area contributed by atoms with Gasteiger partial charge in [0.15, 0.2) is 0 Å². The summed E-state index contributed by atoms with van der Waals surface area (Å²) < 4.78 is 5.08. The number of hydrogen-bond acceptors (Lipinski definition) is 2. The Labute approximate surface area is 71.6 Å². The molecule has 0 aliphatic carbocycles. The summed E-state index contributed by atoms with van der Waals surface area (Å²) >= 11 is 0. The summed E-state index contributed by atoms with van der Waals surface area (Å²) in [7, 11) is 5.44. The number of azide groups is 1. The Morgan fingerprint density at radius 2 is 2.58 bits per heavy atom. The normalized spacial score (nSPS) is 12.1. The van der Waals surface area contributed by atoms with Crippen LogP contribution in [0.2, 0.25) is 0 Å². The van der Waals surface area contributed by atoms with Gasteiger partial charge in [0.05, 0.1) is 12.3 Å². The van der Waals surface area contributed by atoms with Crippen LogP contribution in [0.1, 0.15) is 25.1 Å². The largest absolute Gasteiger partial charge is 0.470 e. The van der Waals surface area contributed by atoms with Crippen LogP contribution in [0, 0.1) is 0 Å². The van der Waals surface area contributed by atoms with Crippen molar-refractivity contribution < 1.29 is 4.42 Å². The molecule has 0 spiro atoms. The summed E-state index contributed by atoms with van der Waals surface area (Å²) in [4.78, 5) is 2.72. The highest BCUT2D eigenvalue weighted by molar-refractivity contribution is 6.32. The predicted octanol–water partition coefficient (Wildman–Crippen LogP) is 1.83. The van der Waals surface area contributed by atoms with E-state index < -0.39 is 0 Å². The average molecular weight is 161 g/mol. The summed E-state index contributed by atoms with van der Waals surface area (Å²) in [5, 5.41) is 3.56. The van der Waals surface area contributed by atoms with E-state index >= 15 is 0 Å². The molecule has 0 unspecified atom stereocenters. The third-order valence-corrected chi connectivity index (χ3v) is 1.55. The second-order valence-electron chi connectivity index (χ2n) is 2.41. The third-order valence-electron chi connectivity index (χ3n) is 1.55. The van der Waals surface area contributed by atoms with Crippen molar-refractivity contribution in [2.24, 2.45) is 5.11 Å². The summed E-state index contributed by atoms with van der Waals surface area (Å²) in [6.07, 6.45) is 2.14. The van der Waals surface area contributed by atoms with Crippen molar-refractivity contribution >= 4 is 13.3 Å². The highest BCUT2D eigenvalue weighted by Gasteiger charge is 2.09. The van der Waals surface area contributed by atoms with Crippen LogP contribution in [0.25, 0.3) is 10.4 Å². The highest BCUT2D eigenvalue weighted by Crippen LogP contribution is 2.20. The molecule has 0 bridgehead atoms. The first-order valence-corrected chi connectivity index (χ1v) is 3.66. The molecule has 0 aromatic carbocycles. The maximum atomic E-state index is 8.22. The van der Waals surface area contributed by atoms with E-state index in [0.29, 0.717) is 17.6 Å². The number of rotatable bonds is 3. The molecule has 1 atom stereocenters. The van der Waals surface area contributed by atoms with Crippen LogP contribution in [-0.2, 0) is 0 Å². The first-order chi connectivity index (χ1) is 5.77. The lowest BCUT2D eigenvalue weighted by molar-refractivity contribution is 0.460. The quantitative estimate of drug-likeness (QED) is 0.288. The van der Waals surface area contributed by atoms with E-state index in [1.54, 1.807) is 6.07 Å². The standard InChI is InChI=1S/C7H8BN3O/c1-2-6(10-11-9)7-3-5(8)4-12-7/h3-4,6H,2H2,1H3/t6-/m0/s1. The molecular formula is C7H8BN3O. The summed E-state index contributed by atoms with van der Waals surface area (Å²) in [5.74, 6) is 0.618. The molecule has 1 aromatic heterocycles. The van der Waals surface area contributed by atoms with E-state index in [1.807, 2.05) is 6.92 Å². The minimum Gasteiger partial charge on any atom is -0.470 e. The van der Waals surface area contributed by atoms with Gasteiger partial charge >= 0.3 is 0 Å². The molecule has 0 aliphatic rings. The Hall–Kier alpha value is -1.35. The van der Waals surface area contributed by atoms with Crippen LogP contribution in [-0.4, -0.2) is 7.85 Å². The van der Waals surface area contributed by atoms with E-state index in [1.165, 1.54) is 6.26 Å². The molecule has 1 aromatic rings. The van der Waals surface area contributed by atoms with Gasteiger partial charge in [0, 0.05) is 4.91 Å². The van der Waals surface area contributed by atoms with Crippen molar-refractivity contribution in [3.63, 3.8) is 0 Å². The van der Waals surface area contributed by atoms with Crippen molar-refractivity contribution in [3.05, 3.63) is 28.5 Å². The highest BCUT2D eigenvalue weighted by atomic mass is 16.3. The molecule has 0 aliphatic heterocycles. The molecule has 12 heavy (non-hydrogen) atoms. The summed E-state index contributed by atoms with van der Waals surface area (Å²) in [6.45, 7) is 1.91.